The molecule has 0 unspecified atom stereocenters. The second-order valence-corrected chi connectivity index (χ2v) is 4.52. The summed E-state index contributed by atoms with van der Waals surface area (Å²) >= 11 is 3.43. The van der Waals surface area contributed by atoms with Gasteiger partial charge in [0.15, 0.2) is 5.58 Å². The lowest BCUT2D eigenvalue weighted by Crippen LogP contribution is -2.09. The fourth-order valence-corrected chi connectivity index (χ4v) is 2.43. The quantitative estimate of drug-likeness (QED) is 0.504. The summed E-state index contributed by atoms with van der Waals surface area (Å²) in [5.74, 6) is 0. The van der Waals surface area contributed by atoms with Gasteiger partial charge in [0.05, 0.1) is 9.86 Å². The first kappa shape index (κ1) is 9.79. The molecular weight excluding hydrogens is 265 g/mol. The van der Waals surface area contributed by atoms with E-state index in [0.29, 0.717) is 11.2 Å². The lowest BCUT2D eigenvalue weighted by atomic mass is 9.92. The van der Waals surface area contributed by atoms with E-state index in [1.54, 1.807) is 6.07 Å². The average molecular weight is 272 g/mol. The van der Waals surface area contributed by atoms with Crippen molar-refractivity contribution in [2.75, 3.05) is 5.73 Å². The highest BCUT2D eigenvalue weighted by Crippen LogP contribution is 2.35. The molecule has 0 aliphatic heterocycles. The van der Waals surface area contributed by atoms with Crippen molar-refractivity contribution < 1.29 is 4.42 Å². The van der Waals surface area contributed by atoms with Crippen LogP contribution in [0, 0.1) is 0 Å². The van der Waals surface area contributed by atoms with Gasteiger partial charge in [0.2, 0.25) is 0 Å². The first-order valence-corrected chi connectivity index (χ1v) is 5.62. The number of anilines is 1. The van der Waals surface area contributed by atoms with Crippen molar-refractivity contribution >= 4 is 56.9 Å². The summed E-state index contributed by atoms with van der Waals surface area (Å²) in [4.78, 5) is 0. The van der Waals surface area contributed by atoms with Crippen LogP contribution >= 0.6 is 15.9 Å². The first-order chi connectivity index (χ1) is 7.68. The number of fused-ring (bicyclic) bond motifs is 3. The topological polar surface area (TPSA) is 39.2 Å². The Hall–Kier alpha value is -1.42. The van der Waals surface area contributed by atoms with E-state index in [9.17, 15) is 0 Å². The molecule has 2 radical (unpaired) electrons. The summed E-state index contributed by atoms with van der Waals surface area (Å²) in [7, 11) is 5.84. The third-order valence-corrected chi connectivity index (χ3v) is 3.26. The predicted octanol–water partition coefficient (Wildman–Crippen LogP) is 2.72. The monoisotopic (exact) mass is 271 g/mol. The molecule has 76 valence electrons. The van der Waals surface area contributed by atoms with E-state index in [1.807, 2.05) is 24.3 Å². The summed E-state index contributed by atoms with van der Waals surface area (Å²) in [6, 6.07) is 9.53. The fraction of sp³-hybridized carbons (Fsp3) is 0. The Morgan fingerprint density at radius 3 is 2.81 bits per heavy atom. The minimum Gasteiger partial charge on any atom is -0.455 e. The van der Waals surface area contributed by atoms with Crippen molar-refractivity contribution in [2.45, 2.75) is 0 Å². The van der Waals surface area contributed by atoms with Gasteiger partial charge >= 0.3 is 0 Å². The molecule has 0 amide bonds. The zero-order valence-corrected chi connectivity index (χ0v) is 9.91. The number of nitrogen functional groups attached to an aromatic ring is 1. The zero-order valence-electron chi connectivity index (χ0n) is 8.33. The van der Waals surface area contributed by atoms with Crippen molar-refractivity contribution in [3.63, 3.8) is 0 Å². The molecule has 0 aliphatic carbocycles. The Morgan fingerprint density at radius 2 is 2.00 bits per heavy atom. The van der Waals surface area contributed by atoms with Crippen LogP contribution in [0.5, 0.6) is 0 Å². The highest BCUT2D eigenvalue weighted by Gasteiger charge is 2.13. The van der Waals surface area contributed by atoms with Crippen LogP contribution in [-0.2, 0) is 0 Å². The minimum atomic E-state index is 0.561. The van der Waals surface area contributed by atoms with E-state index >= 15 is 0 Å². The number of hydrogen-bond acceptors (Lipinski definition) is 2. The van der Waals surface area contributed by atoms with E-state index in [-0.39, 0.29) is 0 Å². The normalized spacial score (nSPS) is 11.3. The summed E-state index contributed by atoms with van der Waals surface area (Å²) < 4.78 is 6.56. The van der Waals surface area contributed by atoms with Crippen LogP contribution in [0.3, 0.4) is 0 Å². The molecule has 1 heterocycles. The van der Waals surface area contributed by atoms with E-state index in [4.69, 9.17) is 18.0 Å². The Morgan fingerprint density at radius 1 is 1.25 bits per heavy atom. The second-order valence-electron chi connectivity index (χ2n) is 3.66. The van der Waals surface area contributed by atoms with Crippen LogP contribution in [0.1, 0.15) is 0 Å². The van der Waals surface area contributed by atoms with Crippen LogP contribution in [0.4, 0.5) is 5.69 Å². The average Bonchev–Trinajstić information content (AvgIpc) is 2.66. The smallest absolute Gasteiger partial charge is 0.151 e. The number of rotatable bonds is 0. The van der Waals surface area contributed by atoms with Gasteiger partial charge in [0, 0.05) is 11.1 Å². The van der Waals surface area contributed by atoms with Gasteiger partial charge in [0.1, 0.15) is 13.4 Å². The van der Waals surface area contributed by atoms with E-state index < -0.39 is 0 Å². The Bertz CT molecular complexity index is 705. The van der Waals surface area contributed by atoms with Crippen molar-refractivity contribution in [1.82, 2.24) is 0 Å². The molecule has 2 aromatic carbocycles. The standard InChI is InChI=1S/C12H7BBrNO/c13-7-5-8(14)12-10(11(7)15)6-3-1-2-4-9(6)16-12/h1-5H,15H2. The highest BCUT2D eigenvalue weighted by atomic mass is 79.9. The van der Waals surface area contributed by atoms with Crippen LogP contribution < -0.4 is 11.2 Å². The number of benzene rings is 2. The summed E-state index contributed by atoms with van der Waals surface area (Å²) in [5.41, 5.74) is 8.68. The molecule has 0 spiro atoms. The maximum absolute atomic E-state index is 5.99. The lowest BCUT2D eigenvalue weighted by molar-refractivity contribution is 0.667. The Labute approximate surface area is 102 Å². The van der Waals surface area contributed by atoms with Gasteiger partial charge in [-0.3, -0.25) is 0 Å². The van der Waals surface area contributed by atoms with Gasteiger partial charge in [-0.1, -0.05) is 23.7 Å². The number of nitrogens with two attached hydrogens (primary N) is 1. The highest BCUT2D eigenvalue weighted by molar-refractivity contribution is 9.10. The third-order valence-electron chi connectivity index (χ3n) is 2.67. The van der Waals surface area contributed by atoms with Gasteiger partial charge in [-0.2, -0.15) is 0 Å². The Balaban J connectivity index is 2.66. The van der Waals surface area contributed by atoms with Gasteiger partial charge in [-0.15, -0.1) is 0 Å². The maximum atomic E-state index is 5.99. The van der Waals surface area contributed by atoms with Crippen LogP contribution in [0.25, 0.3) is 21.9 Å². The predicted molar refractivity (Wildman–Crippen MR) is 71.2 cm³/mol. The molecule has 3 rings (SSSR count). The number of hydrogen-bond donors (Lipinski definition) is 1. The summed E-state index contributed by atoms with van der Waals surface area (Å²) in [6.07, 6.45) is 0. The molecule has 3 aromatic rings. The molecule has 1 aromatic heterocycles. The summed E-state index contributed by atoms with van der Waals surface area (Å²) in [5, 5.41) is 1.87. The second kappa shape index (κ2) is 3.29. The Kier molecular flexibility index (Phi) is 2.01. The molecule has 0 aliphatic rings. The van der Waals surface area contributed by atoms with Crippen LogP contribution in [0.15, 0.2) is 39.2 Å². The van der Waals surface area contributed by atoms with Gasteiger partial charge in [-0.05, 0) is 28.1 Å². The SMILES string of the molecule is [B]c1cc(Br)c2oc3ccccc3c2c1N. The van der Waals surface area contributed by atoms with E-state index in [0.717, 1.165) is 26.4 Å². The summed E-state index contributed by atoms with van der Waals surface area (Å²) in [6.45, 7) is 0. The first-order valence-electron chi connectivity index (χ1n) is 4.83. The molecule has 0 fully saturated rings. The molecule has 0 saturated carbocycles. The third kappa shape index (κ3) is 1.20. The number of halogens is 1. The zero-order chi connectivity index (χ0) is 11.3. The van der Waals surface area contributed by atoms with Crippen molar-refractivity contribution in [3.05, 3.63) is 34.8 Å². The molecule has 16 heavy (non-hydrogen) atoms. The van der Waals surface area contributed by atoms with Gasteiger partial charge in [0.25, 0.3) is 0 Å². The van der Waals surface area contributed by atoms with Crippen molar-refractivity contribution in [1.29, 1.82) is 0 Å². The number of para-hydroxylation sites is 1. The molecule has 2 nitrogen and oxygen atoms in total. The van der Waals surface area contributed by atoms with E-state index in [1.165, 1.54) is 0 Å². The van der Waals surface area contributed by atoms with Crippen LogP contribution in [-0.4, -0.2) is 7.85 Å². The maximum Gasteiger partial charge on any atom is 0.151 e. The van der Waals surface area contributed by atoms with Crippen molar-refractivity contribution in [3.8, 4) is 0 Å². The van der Waals surface area contributed by atoms with Crippen LogP contribution in [0.2, 0.25) is 0 Å². The largest absolute Gasteiger partial charge is 0.455 e. The molecular formula is C12H7BBrNO. The fourth-order valence-electron chi connectivity index (χ4n) is 1.91. The number of furan rings is 1. The van der Waals surface area contributed by atoms with Gasteiger partial charge in [-0.25, -0.2) is 0 Å². The molecule has 0 atom stereocenters. The molecule has 4 heteroatoms. The van der Waals surface area contributed by atoms with Crippen molar-refractivity contribution in [2.24, 2.45) is 0 Å². The van der Waals surface area contributed by atoms with E-state index in [2.05, 4.69) is 15.9 Å². The van der Waals surface area contributed by atoms with Gasteiger partial charge < -0.3 is 10.2 Å². The molecule has 0 saturated heterocycles. The minimum absolute atomic E-state index is 0.561. The molecule has 0 bridgehead atoms. The lowest BCUT2D eigenvalue weighted by Gasteiger charge is -2.03. The molecule has 2 N–H and O–H groups in total.